The molecule has 0 radical (unpaired) electrons. The second-order valence-corrected chi connectivity index (χ2v) is 7.04. The fourth-order valence-electron chi connectivity index (χ4n) is 2.29. The third-order valence-corrected chi connectivity index (χ3v) is 3.98. The van der Waals surface area contributed by atoms with Gasteiger partial charge in [-0.25, -0.2) is 15.0 Å². The van der Waals surface area contributed by atoms with Gasteiger partial charge in [-0.3, -0.25) is 10.0 Å². The highest BCUT2D eigenvalue weighted by Gasteiger charge is 2.21. The van der Waals surface area contributed by atoms with E-state index in [9.17, 15) is 9.59 Å². The van der Waals surface area contributed by atoms with Gasteiger partial charge in [0.05, 0.1) is 18.4 Å². The summed E-state index contributed by atoms with van der Waals surface area (Å²) in [6, 6.07) is 6.21. The molecule has 9 nitrogen and oxygen atoms in total. The predicted octanol–water partition coefficient (Wildman–Crippen LogP) is 1.75. The maximum absolute atomic E-state index is 12.0. The molecular weight excluding hydrogens is 404 g/mol. The van der Waals surface area contributed by atoms with Crippen molar-refractivity contribution in [1.29, 1.82) is 0 Å². The van der Waals surface area contributed by atoms with E-state index in [4.69, 9.17) is 5.21 Å². The first-order chi connectivity index (χ1) is 12.4. The van der Waals surface area contributed by atoms with Crippen LogP contribution in [0.4, 0.5) is 4.79 Å². The summed E-state index contributed by atoms with van der Waals surface area (Å²) in [5.41, 5.74) is 2.96. The van der Waals surface area contributed by atoms with Crippen molar-refractivity contribution < 1.29 is 14.8 Å². The molecule has 2 aromatic rings. The van der Waals surface area contributed by atoms with E-state index in [1.165, 1.54) is 0 Å². The van der Waals surface area contributed by atoms with Crippen LogP contribution in [-0.4, -0.2) is 38.2 Å². The average Bonchev–Trinajstić information content (AvgIpc) is 3.07. The number of amides is 3. The van der Waals surface area contributed by atoms with E-state index in [-0.39, 0.29) is 12.5 Å². The minimum atomic E-state index is -0.822. The van der Waals surface area contributed by atoms with Gasteiger partial charge in [0.1, 0.15) is 11.7 Å². The van der Waals surface area contributed by atoms with E-state index in [1.54, 1.807) is 16.4 Å². The molecule has 0 aliphatic carbocycles. The molecule has 0 aliphatic rings. The molecule has 1 atom stereocenters. The summed E-state index contributed by atoms with van der Waals surface area (Å²) in [6.07, 6.45) is 2.10. The summed E-state index contributed by atoms with van der Waals surface area (Å²) in [6.45, 7) is 3.98. The summed E-state index contributed by atoms with van der Waals surface area (Å²) >= 11 is 3.40. The summed E-state index contributed by atoms with van der Waals surface area (Å²) in [4.78, 5) is 23.6. The van der Waals surface area contributed by atoms with Crippen molar-refractivity contribution in [2.24, 2.45) is 5.92 Å². The Hall–Kier alpha value is -2.46. The number of nitrogens with zero attached hydrogens (tertiary/aromatic N) is 3. The molecule has 4 N–H and O–H groups in total. The van der Waals surface area contributed by atoms with E-state index in [1.807, 2.05) is 38.1 Å². The lowest BCUT2D eigenvalue weighted by atomic mass is 10.0. The van der Waals surface area contributed by atoms with Gasteiger partial charge < -0.3 is 10.6 Å². The van der Waals surface area contributed by atoms with Gasteiger partial charge in [-0.15, -0.1) is 5.10 Å². The number of hydroxylamine groups is 1. The summed E-state index contributed by atoms with van der Waals surface area (Å²) in [7, 11) is 0. The van der Waals surface area contributed by atoms with Crippen molar-refractivity contribution in [2.45, 2.75) is 32.9 Å². The van der Waals surface area contributed by atoms with E-state index in [0.717, 1.165) is 10.2 Å². The molecule has 10 heteroatoms. The van der Waals surface area contributed by atoms with Crippen LogP contribution >= 0.6 is 15.9 Å². The van der Waals surface area contributed by atoms with Crippen LogP contribution < -0.4 is 16.1 Å². The Morgan fingerprint density at radius 2 is 2.12 bits per heavy atom. The summed E-state index contributed by atoms with van der Waals surface area (Å²) in [5, 5.41) is 22.0. The van der Waals surface area contributed by atoms with Crippen LogP contribution in [0.5, 0.6) is 0 Å². The Bertz CT molecular complexity index is 764. The molecule has 0 saturated heterocycles. The Kier molecular flexibility index (Phi) is 7.10. The van der Waals surface area contributed by atoms with Crippen LogP contribution in [0.25, 0.3) is 5.69 Å². The zero-order chi connectivity index (χ0) is 19.1. The van der Waals surface area contributed by atoms with Crippen LogP contribution in [0.1, 0.15) is 26.0 Å². The van der Waals surface area contributed by atoms with Gasteiger partial charge in [0.25, 0.3) is 5.91 Å². The molecule has 140 valence electrons. The van der Waals surface area contributed by atoms with Gasteiger partial charge in [-0.1, -0.05) is 41.1 Å². The highest BCUT2D eigenvalue weighted by Crippen LogP contribution is 2.14. The fourth-order valence-corrected chi connectivity index (χ4v) is 2.67. The quantitative estimate of drug-likeness (QED) is 0.398. The van der Waals surface area contributed by atoms with Gasteiger partial charge in [-0.2, -0.15) is 0 Å². The minimum Gasteiger partial charge on any atom is -0.332 e. The van der Waals surface area contributed by atoms with Crippen LogP contribution in [0.15, 0.2) is 34.9 Å². The highest BCUT2D eigenvalue weighted by atomic mass is 79.9. The van der Waals surface area contributed by atoms with E-state index in [0.29, 0.717) is 12.1 Å². The number of halogens is 1. The molecule has 26 heavy (non-hydrogen) atoms. The zero-order valence-corrected chi connectivity index (χ0v) is 16.0. The van der Waals surface area contributed by atoms with Crippen molar-refractivity contribution in [3.8, 4) is 5.69 Å². The van der Waals surface area contributed by atoms with E-state index < -0.39 is 18.0 Å². The Labute approximate surface area is 159 Å². The number of benzene rings is 1. The SMILES string of the molecule is CC(C)C[C@H](NC(=O)NCc1cn(-c2cccc(Br)c2)nn1)C(=O)NO. The number of urea groups is 1. The van der Waals surface area contributed by atoms with Crippen molar-refractivity contribution in [1.82, 2.24) is 31.1 Å². The molecule has 0 fully saturated rings. The highest BCUT2D eigenvalue weighted by molar-refractivity contribution is 9.10. The smallest absolute Gasteiger partial charge is 0.315 e. The van der Waals surface area contributed by atoms with E-state index in [2.05, 4.69) is 36.9 Å². The number of rotatable bonds is 7. The van der Waals surface area contributed by atoms with Crippen LogP contribution in [0.2, 0.25) is 0 Å². The summed E-state index contributed by atoms with van der Waals surface area (Å²) in [5.74, 6) is -0.489. The van der Waals surface area contributed by atoms with Crippen molar-refractivity contribution >= 4 is 27.9 Å². The first-order valence-corrected chi connectivity index (χ1v) is 8.83. The molecule has 1 aromatic carbocycles. The van der Waals surface area contributed by atoms with Crippen molar-refractivity contribution in [2.75, 3.05) is 0 Å². The molecule has 1 heterocycles. The average molecular weight is 425 g/mol. The van der Waals surface area contributed by atoms with Gasteiger partial charge in [0.2, 0.25) is 0 Å². The monoisotopic (exact) mass is 424 g/mol. The number of hydrogen-bond acceptors (Lipinski definition) is 5. The Balaban J connectivity index is 1.92. The van der Waals surface area contributed by atoms with Gasteiger partial charge in [-0.05, 0) is 30.5 Å². The Morgan fingerprint density at radius 3 is 2.77 bits per heavy atom. The molecule has 1 aromatic heterocycles. The van der Waals surface area contributed by atoms with Gasteiger partial charge >= 0.3 is 6.03 Å². The largest absolute Gasteiger partial charge is 0.332 e. The van der Waals surface area contributed by atoms with Crippen LogP contribution in [-0.2, 0) is 11.3 Å². The van der Waals surface area contributed by atoms with Gasteiger partial charge in [0, 0.05) is 4.47 Å². The van der Waals surface area contributed by atoms with Crippen molar-refractivity contribution in [3.05, 3.63) is 40.6 Å². The zero-order valence-electron chi connectivity index (χ0n) is 14.4. The van der Waals surface area contributed by atoms with Crippen LogP contribution in [0, 0.1) is 5.92 Å². The first-order valence-electron chi connectivity index (χ1n) is 8.04. The molecule has 0 aliphatic heterocycles. The maximum Gasteiger partial charge on any atom is 0.315 e. The number of nitrogens with one attached hydrogen (secondary N) is 3. The minimum absolute atomic E-state index is 0.148. The lowest BCUT2D eigenvalue weighted by Gasteiger charge is -2.18. The normalized spacial score (nSPS) is 11.9. The molecule has 2 rings (SSSR count). The second kappa shape index (κ2) is 9.30. The molecule has 3 amide bonds. The molecule has 0 spiro atoms. The summed E-state index contributed by atoms with van der Waals surface area (Å²) < 4.78 is 2.52. The Morgan fingerprint density at radius 1 is 1.35 bits per heavy atom. The third kappa shape index (κ3) is 5.81. The standard InChI is InChI=1S/C16H21BrN6O3/c1-10(2)6-14(15(24)21-26)19-16(25)18-8-12-9-23(22-20-12)13-5-3-4-11(17)7-13/h3-5,7,9-10,14,26H,6,8H2,1-2H3,(H,21,24)(H2,18,19,25)/t14-/m0/s1. The lowest BCUT2D eigenvalue weighted by molar-refractivity contribution is -0.131. The second-order valence-electron chi connectivity index (χ2n) is 6.12. The molecule has 0 bridgehead atoms. The van der Waals surface area contributed by atoms with Crippen LogP contribution in [0.3, 0.4) is 0 Å². The van der Waals surface area contributed by atoms with Crippen molar-refractivity contribution in [3.63, 3.8) is 0 Å². The number of carbonyl (C=O) groups excluding carboxylic acids is 2. The number of hydrogen-bond donors (Lipinski definition) is 4. The first kappa shape index (κ1) is 19.9. The maximum atomic E-state index is 12.0. The number of carbonyl (C=O) groups is 2. The van der Waals surface area contributed by atoms with E-state index >= 15 is 0 Å². The molecule has 0 saturated carbocycles. The lowest BCUT2D eigenvalue weighted by Crippen LogP contribution is -2.49. The third-order valence-electron chi connectivity index (χ3n) is 3.48. The molecular formula is C16H21BrN6O3. The number of aromatic nitrogens is 3. The fraction of sp³-hybridized carbons (Fsp3) is 0.375. The van der Waals surface area contributed by atoms with Gasteiger partial charge in [0.15, 0.2) is 0 Å². The predicted molar refractivity (Wildman–Crippen MR) is 97.6 cm³/mol. The molecule has 0 unspecified atom stereocenters. The topological polar surface area (TPSA) is 121 Å².